The third kappa shape index (κ3) is 2.04. The second kappa shape index (κ2) is 4.83. The average molecular weight is 332 g/mol. The Labute approximate surface area is 125 Å². The van der Waals surface area contributed by atoms with E-state index in [-0.39, 0.29) is 0 Å². The first-order valence-electron chi connectivity index (χ1n) is 6.18. The molecule has 0 unspecified atom stereocenters. The summed E-state index contributed by atoms with van der Waals surface area (Å²) in [6.45, 7) is 2.03. The average Bonchev–Trinajstić information content (AvgIpc) is 2.75. The lowest BCUT2D eigenvalue weighted by molar-refractivity contribution is 0.416. The van der Waals surface area contributed by atoms with Gasteiger partial charge in [-0.2, -0.15) is 0 Å². The summed E-state index contributed by atoms with van der Waals surface area (Å²) >= 11 is 3.47. The van der Waals surface area contributed by atoms with Crippen molar-refractivity contribution >= 4 is 27.4 Å². The van der Waals surface area contributed by atoms with Gasteiger partial charge in [0, 0.05) is 16.2 Å². The third-order valence-electron chi connectivity index (χ3n) is 3.24. The lowest BCUT2D eigenvalue weighted by atomic mass is 10.1. The van der Waals surface area contributed by atoms with Gasteiger partial charge in [-0.15, -0.1) is 0 Å². The van der Waals surface area contributed by atoms with Crippen LogP contribution in [0.3, 0.4) is 0 Å². The molecule has 0 amide bonds. The number of hydrogen-bond donors (Lipinski definition) is 1. The maximum absolute atomic E-state index is 6.22. The van der Waals surface area contributed by atoms with E-state index in [4.69, 9.17) is 10.5 Å². The summed E-state index contributed by atoms with van der Waals surface area (Å²) in [5.74, 6) is 1.36. The van der Waals surface area contributed by atoms with Crippen LogP contribution in [-0.4, -0.2) is 16.5 Å². The number of ether oxygens (including phenoxy) is 1. The maximum atomic E-state index is 6.22. The van der Waals surface area contributed by atoms with Gasteiger partial charge in [-0.05, 0) is 42.8 Å². The van der Waals surface area contributed by atoms with E-state index in [0.29, 0.717) is 5.82 Å². The van der Waals surface area contributed by atoms with Crippen LogP contribution in [0.4, 0.5) is 5.82 Å². The first kappa shape index (κ1) is 13.0. The van der Waals surface area contributed by atoms with Gasteiger partial charge in [0.25, 0.3) is 0 Å². The molecular formula is C15H14BrN3O. The van der Waals surface area contributed by atoms with E-state index in [1.54, 1.807) is 7.11 Å². The van der Waals surface area contributed by atoms with Gasteiger partial charge in [0.15, 0.2) is 0 Å². The van der Waals surface area contributed by atoms with Crippen LogP contribution in [0.1, 0.15) is 5.56 Å². The minimum Gasteiger partial charge on any atom is -0.496 e. The summed E-state index contributed by atoms with van der Waals surface area (Å²) in [7, 11) is 1.64. The molecule has 0 fully saturated rings. The SMILES string of the molecule is COc1ccc(Br)cc1-c1nc2cc(C)ccn2c1N. The molecule has 0 aliphatic rings. The molecule has 0 spiro atoms. The molecule has 102 valence electrons. The number of methoxy groups -OCH3 is 1. The molecule has 1 aromatic carbocycles. The van der Waals surface area contributed by atoms with Crippen LogP contribution in [0.25, 0.3) is 16.9 Å². The smallest absolute Gasteiger partial charge is 0.139 e. The van der Waals surface area contributed by atoms with Crippen LogP contribution in [0.5, 0.6) is 5.75 Å². The normalized spacial score (nSPS) is 10.9. The van der Waals surface area contributed by atoms with Gasteiger partial charge in [-0.3, -0.25) is 4.40 Å². The molecule has 3 aromatic rings. The van der Waals surface area contributed by atoms with E-state index in [2.05, 4.69) is 20.9 Å². The largest absolute Gasteiger partial charge is 0.496 e. The Morgan fingerprint density at radius 2 is 2.05 bits per heavy atom. The van der Waals surface area contributed by atoms with Crippen LogP contribution < -0.4 is 10.5 Å². The highest BCUT2D eigenvalue weighted by atomic mass is 79.9. The standard InChI is InChI=1S/C15H14BrN3O/c1-9-5-6-19-13(7-9)18-14(15(19)17)11-8-10(16)3-4-12(11)20-2/h3-8H,17H2,1-2H3. The van der Waals surface area contributed by atoms with E-state index in [0.717, 1.165) is 32.7 Å². The molecule has 5 heteroatoms. The molecule has 0 radical (unpaired) electrons. The Hall–Kier alpha value is -2.01. The quantitative estimate of drug-likeness (QED) is 0.779. The highest BCUT2D eigenvalue weighted by Crippen LogP contribution is 2.35. The predicted molar refractivity (Wildman–Crippen MR) is 84.0 cm³/mol. The first-order valence-corrected chi connectivity index (χ1v) is 6.97. The molecular weight excluding hydrogens is 318 g/mol. The second-order valence-electron chi connectivity index (χ2n) is 4.62. The van der Waals surface area contributed by atoms with Gasteiger partial charge < -0.3 is 10.5 Å². The summed E-state index contributed by atoms with van der Waals surface area (Å²) in [5, 5.41) is 0. The van der Waals surface area contributed by atoms with E-state index in [9.17, 15) is 0 Å². The molecule has 0 saturated carbocycles. The number of rotatable bonds is 2. The van der Waals surface area contributed by atoms with Gasteiger partial charge in [0.1, 0.15) is 22.9 Å². The molecule has 2 aromatic heterocycles. The zero-order chi connectivity index (χ0) is 14.3. The van der Waals surface area contributed by atoms with Crippen molar-refractivity contribution in [2.75, 3.05) is 12.8 Å². The number of aromatic nitrogens is 2. The Balaban J connectivity index is 2.29. The lowest BCUT2D eigenvalue weighted by Crippen LogP contribution is -1.95. The topological polar surface area (TPSA) is 52.5 Å². The summed E-state index contributed by atoms with van der Waals surface area (Å²) in [4.78, 5) is 4.63. The Bertz CT molecular complexity index is 795. The minimum atomic E-state index is 0.608. The highest BCUT2D eigenvalue weighted by Gasteiger charge is 2.15. The molecule has 0 aliphatic heterocycles. The van der Waals surface area contributed by atoms with Crippen molar-refractivity contribution in [1.29, 1.82) is 0 Å². The zero-order valence-corrected chi connectivity index (χ0v) is 12.8. The van der Waals surface area contributed by atoms with Crippen LogP contribution in [0.15, 0.2) is 41.0 Å². The third-order valence-corrected chi connectivity index (χ3v) is 3.73. The zero-order valence-electron chi connectivity index (χ0n) is 11.2. The number of benzene rings is 1. The van der Waals surface area contributed by atoms with Gasteiger partial charge in [0.2, 0.25) is 0 Å². The van der Waals surface area contributed by atoms with Crippen LogP contribution >= 0.6 is 15.9 Å². The molecule has 4 nitrogen and oxygen atoms in total. The van der Waals surface area contributed by atoms with E-state index in [1.807, 2.05) is 47.9 Å². The fourth-order valence-electron chi connectivity index (χ4n) is 2.23. The van der Waals surface area contributed by atoms with Crippen LogP contribution in [0, 0.1) is 6.92 Å². The number of fused-ring (bicyclic) bond motifs is 1. The second-order valence-corrected chi connectivity index (χ2v) is 5.54. The van der Waals surface area contributed by atoms with Gasteiger partial charge in [-0.1, -0.05) is 15.9 Å². The fourth-order valence-corrected chi connectivity index (χ4v) is 2.59. The molecule has 3 rings (SSSR count). The molecule has 0 saturated heterocycles. The van der Waals surface area contributed by atoms with Crippen molar-refractivity contribution in [2.45, 2.75) is 6.92 Å². The Morgan fingerprint density at radius 3 is 2.80 bits per heavy atom. The van der Waals surface area contributed by atoms with Crippen molar-refractivity contribution in [3.8, 4) is 17.0 Å². The van der Waals surface area contributed by atoms with E-state index < -0.39 is 0 Å². The van der Waals surface area contributed by atoms with Crippen LogP contribution in [-0.2, 0) is 0 Å². The molecule has 0 atom stereocenters. The Morgan fingerprint density at radius 1 is 1.25 bits per heavy atom. The number of anilines is 1. The number of halogens is 1. The number of nitrogen functional groups attached to an aromatic ring is 1. The monoisotopic (exact) mass is 331 g/mol. The number of nitrogens with two attached hydrogens (primary N) is 1. The maximum Gasteiger partial charge on any atom is 0.139 e. The molecule has 2 N–H and O–H groups in total. The number of imidazole rings is 1. The van der Waals surface area contributed by atoms with Crippen molar-refractivity contribution in [1.82, 2.24) is 9.38 Å². The number of hydrogen-bond acceptors (Lipinski definition) is 3. The molecule has 0 aliphatic carbocycles. The van der Waals surface area contributed by atoms with Gasteiger partial charge >= 0.3 is 0 Å². The summed E-state index contributed by atoms with van der Waals surface area (Å²) in [6.07, 6.45) is 1.93. The van der Waals surface area contributed by atoms with Crippen LogP contribution in [0.2, 0.25) is 0 Å². The highest BCUT2D eigenvalue weighted by molar-refractivity contribution is 9.10. The summed E-state index contributed by atoms with van der Waals surface area (Å²) < 4.78 is 8.24. The van der Waals surface area contributed by atoms with E-state index >= 15 is 0 Å². The first-order chi connectivity index (χ1) is 9.60. The minimum absolute atomic E-state index is 0.608. The lowest BCUT2D eigenvalue weighted by Gasteiger charge is -2.07. The number of nitrogens with zero attached hydrogens (tertiary/aromatic N) is 2. The number of aryl methyl sites for hydroxylation is 1. The molecule has 0 bridgehead atoms. The predicted octanol–water partition coefficient (Wildman–Crippen LogP) is 3.66. The van der Waals surface area contributed by atoms with Crippen molar-refractivity contribution < 1.29 is 4.74 Å². The van der Waals surface area contributed by atoms with Crippen molar-refractivity contribution in [3.05, 3.63) is 46.6 Å². The van der Waals surface area contributed by atoms with Crippen molar-refractivity contribution in [2.24, 2.45) is 0 Å². The van der Waals surface area contributed by atoms with Crippen molar-refractivity contribution in [3.63, 3.8) is 0 Å². The molecule has 20 heavy (non-hydrogen) atoms. The van der Waals surface area contributed by atoms with Gasteiger partial charge in [0.05, 0.1) is 7.11 Å². The summed E-state index contributed by atoms with van der Waals surface area (Å²) in [6, 6.07) is 9.80. The number of pyridine rings is 1. The fraction of sp³-hybridized carbons (Fsp3) is 0.133. The van der Waals surface area contributed by atoms with Gasteiger partial charge in [-0.25, -0.2) is 4.98 Å². The van der Waals surface area contributed by atoms with E-state index in [1.165, 1.54) is 0 Å². The summed E-state index contributed by atoms with van der Waals surface area (Å²) in [5.41, 5.74) is 9.81. The molecule has 2 heterocycles. The Kier molecular flexibility index (Phi) is 3.14.